The van der Waals surface area contributed by atoms with E-state index in [1.165, 1.54) is 0 Å². The Kier molecular flexibility index (Phi) is 2.93. The Balaban J connectivity index is 2.08. The fraction of sp³-hybridized carbons (Fsp3) is 0.600. The van der Waals surface area contributed by atoms with Gasteiger partial charge in [0.1, 0.15) is 0 Å². The summed E-state index contributed by atoms with van der Waals surface area (Å²) < 4.78 is 1.82. The number of β-amino-alcohol motifs (C(OH)–C–C–N with tert-alkyl or cyclic N) is 1. The molecule has 1 aliphatic heterocycles. The first kappa shape index (κ1) is 11.1. The van der Waals surface area contributed by atoms with Gasteiger partial charge in [-0.25, -0.2) is 4.98 Å². The molecule has 1 amide bonds. The number of likely N-dealkylation sites (tertiary alicyclic amines) is 1. The predicted molar refractivity (Wildman–Crippen MR) is 57.5 cm³/mol. The molecule has 0 saturated carbocycles. The molecule has 2 heterocycles. The largest absolute Gasteiger partial charge is 0.389 e. The number of imidazole rings is 1. The van der Waals surface area contributed by atoms with Gasteiger partial charge in [-0.3, -0.25) is 4.79 Å². The standard InChI is InChI=1S/C10H16N4O2/c1-7(11)10(16)14-4-8(9(15)5-14)13-3-2-12-6-13/h2-3,6-9,15H,4-5,11H2,1H3/t7-,8+,9-/m0/s1. The summed E-state index contributed by atoms with van der Waals surface area (Å²) in [4.78, 5) is 17.2. The van der Waals surface area contributed by atoms with E-state index < -0.39 is 12.1 Å². The Labute approximate surface area is 93.7 Å². The molecule has 0 radical (unpaired) electrons. The number of hydrogen-bond donors (Lipinski definition) is 2. The molecular weight excluding hydrogens is 208 g/mol. The lowest BCUT2D eigenvalue weighted by Gasteiger charge is -2.18. The minimum atomic E-state index is -0.558. The van der Waals surface area contributed by atoms with Gasteiger partial charge in [-0.05, 0) is 6.92 Å². The minimum Gasteiger partial charge on any atom is -0.389 e. The SMILES string of the molecule is C[C@H](N)C(=O)N1C[C@@H](n2ccnc2)[C@@H](O)C1. The van der Waals surface area contributed by atoms with Gasteiger partial charge in [0.25, 0.3) is 0 Å². The van der Waals surface area contributed by atoms with Gasteiger partial charge in [0, 0.05) is 25.5 Å². The van der Waals surface area contributed by atoms with Gasteiger partial charge in [0.2, 0.25) is 5.91 Å². The van der Waals surface area contributed by atoms with Crippen LogP contribution in [0.1, 0.15) is 13.0 Å². The lowest BCUT2D eigenvalue weighted by atomic mass is 10.2. The highest BCUT2D eigenvalue weighted by Gasteiger charge is 2.35. The van der Waals surface area contributed by atoms with Crippen LogP contribution in [-0.4, -0.2) is 50.7 Å². The van der Waals surface area contributed by atoms with Gasteiger partial charge < -0.3 is 20.3 Å². The predicted octanol–water partition coefficient (Wildman–Crippen LogP) is -1.03. The van der Waals surface area contributed by atoms with Gasteiger partial charge in [-0.15, -0.1) is 0 Å². The number of carbonyl (C=O) groups excluding carboxylic acids is 1. The summed E-state index contributed by atoms with van der Waals surface area (Å²) in [6, 6.07) is -0.640. The van der Waals surface area contributed by atoms with Crippen molar-refractivity contribution in [3.63, 3.8) is 0 Å². The Morgan fingerprint density at radius 1 is 1.62 bits per heavy atom. The zero-order valence-corrected chi connectivity index (χ0v) is 9.15. The van der Waals surface area contributed by atoms with E-state index in [4.69, 9.17) is 5.73 Å². The van der Waals surface area contributed by atoms with Crippen molar-refractivity contribution in [3.8, 4) is 0 Å². The van der Waals surface area contributed by atoms with Crippen molar-refractivity contribution >= 4 is 5.91 Å². The molecule has 6 heteroatoms. The molecule has 0 aromatic carbocycles. The molecule has 0 spiro atoms. The zero-order valence-electron chi connectivity index (χ0n) is 9.15. The van der Waals surface area contributed by atoms with Crippen LogP contribution in [0.2, 0.25) is 0 Å². The van der Waals surface area contributed by atoms with Crippen molar-refractivity contribution in [3.05, 3.63) is 18.7 Å². The molecule has 3 N–H and O–H groups in total. The van der Waals surface area contributed by atoms with E-state index >= 15 is 0 Å². The van der Waals surface area contributed by atoms with Crippen LogP contribution in [0.5, 0.6) is 0 Å². The molecule has 1 aromatic rings. The number of carbonyl (C=O) groups is 1. The molecular formula is C10H16N4O2. The maximum atomic E-state index is 11.7. The summed E-state index contributed by atoms with van der Waals surface area (Å²) in [5.41, 5.74) is 5.53. The van der Waals surface area contributed by atoms with Crippen LogP contribution in [0.3, 0.4) is 0 Å². The first-order valence-corrected chi connectivity index (χ1v) is 5.29. The minimum absolute atomic E-state index is 0.120. The Morgan fingerprint density at radius 2 is 2.38 bits per heavy atom. The molecule has 88 valence electrons. The van der Waals surface area contributed by atoms with Gasteiger partial charge in [0.05, 0.1) is 24.5 Å². The van der Waals surface area contributed by atoms with E-state index in [1.807, 2.05) is 4.57 Å². The van der Waals surface area contributed by atoms with E-state index in [1.54, 1.807) is 30.5 Å². The van der Waals surface area contributed by atoms with Crippen molar-refractivity contribution in [2.24, 2.45) is 5.73 Å². The van der Waals surface area contributed by atoms with Crippen molar-refractivity contribution < 1.29 is 9.90 Å². The lowest BCUT2D eigenvalue weighted by molar-refractivity contribution is -0.131. The highest BCUT2D eigenvalue weighted by atomic mass is 16.3. The summed E-state index contributed by atoms with van der Waals surface area (Å²) >= 11 is 0. The van der Waals surface area contributed by atoms with Crippen LogP contribution in [-0.2, 0) is 4.79 Å². The molecule has 0 aliphatic carbocycles. The quantitative estimate of drug-likeness (QED) is 0.673. The van der Waals surface area contributed by atoms with Gasteiger partial charge >= 0.3 is 0 Å². The average molecular weight is 224 g/mol. The maximum Gasteiger partial charge on any atom is 0.239 e. The second kappa shape index (κ2) is 4.23. The van der Waals surface area contributed by atoms with E-state index in [0.717, 1.165) is 0 Å². The lowest BCUT2D eigenvalue weighted by Crippen LogP contribution is -2.41. The summed E-state index contributed by atoms with van der Waals surface area (Å²) in [7, 11) is 0. The molecule has 1 aromatic heterocycles. The smallest absolute Gasteiger partial charge is 0.239 e. The van der Waals surface area contributed by atoms with Crippen LogP contribution in [0.15, 0.2) is 18.7 Å². The van der Waals surface area contributed by atoms with Gasteiger partial charge in [-0.2, -0.15) is 0 Å². The summed E-state index contributed by atoms with van der Waals surface area (Å²) in [5.74, 6) is -0.123. The van der Waals surface area contributed by atoms with E-state index in [0.29, 0.717) is 13.1 Å². The number of rotatable bonds is 2. The van der Waals surface area contributed by atoms with Crippen molar-refractivity contribution in [1.29, 1.82) is 0 Å². The molecule has 1 fully saturated rings. The highest BCUT2D eigenvalue weighted by molar-refractivity contribution is 5.81. The van der Waals surface area contributed by atoms with Crippen LogP contribution in [0.4, 0.5) is 0 Å². The molecule has 1 aliphatic rings. The first-order valence-electron chi connectivity index (χ1n) is 5.29. The van der Waals surface area contributed by atoms with Crippen LogP contribution < -0.4 is 5.73 Å². The van der Waals surface area contributed by atoms with Crippen LogP contribution in [0, 0.1) is 0 Å². The monoisotopic (exact) mass is 224 g/mol. The molecule has 3 atom stereocenters. The third kappa shape index (κ3) is 1.94. The second-order valence-corrected chi connectivity index (χ2v) is 4.18. The van der Waals surface area contributed by atoms with E-state index in [2.05, 4.69) is 4.98 Å². The molecule has 16 heavy (non-hydrogen) atoms. The average Bonchev–Trinajstić information content (AvgIpc) is 2.84. The third-order valence-electron chi connectivity index (χ3n) is 2.87. The first-order chi connectivity index (χ1) is 7.59. The molecule has 2 rings (SSSR count). The van der Waals surface area contributed by atoms with E-state index in [9.17, 15) is 9.90 Å². The van der Waals surface area contributed by atoms with Gasteiger partial charge in [-0.1, -0.05) is 0 Å². The fourth-order valence-electron chi connectivity index (χ4n) is 2.00. The van der Waals surface area contributed by atoms with Crippen LogP contribution in [0.25, 0.3) is 0 Å². The van der Waals surface area contributed by atoms with E-state index in [-0.39, 0.29) is 11.9 Å². The van der Waals surface area contributed by atoms with Crippen molar-refractivity contribution in [1.82, 2.24) is 14.5 Å². The van der Waals surface area contributed by atoms with Crippen molar-refractivity contribution in [2.45, 2.75) is 25.1 Å². The summed E-state index contributed by atoms with van der Waals surface area (Å²) in [6.07, 6.45) is 4.53. The second-order valence-electron chi connectivity index (χ2n) is 4.18. The van der Waals surface area contributed by atoms with Gasteiger partial charge in [0.15, 0.2) is 0 Å². The fourth-order valence-corrected chi connectivity index (χ4v) is 2.00. The van der Waals surface area contributed by atoms with Crippen molar-refractivity contribution in [2.75, 3.05) is 13.1 Å². The maximum absolute atomic E-state index is 11.7. The number of hydrogen-bond acceptors (Lipinski definition) is 4. The van der Waals surface area contributed by atoms with Crippen LogP contribution >= 0.6 is 0 Å². The number of aliphatic hydroxyl groups is 1. The molecule has 6 nitrogen and oxygen atoms in total. The highest BCUT2D eigenvalue weighted by Crippen LogP contribution is 2.22. The number of nitrogens with zero attached hydrogens (tertiary/aromatic N) is 3. The Hall–Kier alpha value is -1.40. The number of nitrogens with two attached hydrogens (primary N) is 1. The normalized spacial score (nSPS) is 27.1. The topological polar surface area (TPSA) is 84.4 Å². The zero-order chi connectivity index (χ0) is 11.7. The molecule has 1 saturated heterocycles. The molecule has 0 bridgehead atoms. The number of aliphatic hydroxyl groups excluding tert-OH is 1. The third-order valence-corrected chi connectivity index (χ3v) is 2.87. The Bertz CT molecular complexity index is 363. The summed E-state index contributed by atoms with van der Waals surface area (Å²) in [6.45, 7) is 2.47. The Morgan fingerprint density at radius 3 is 2.94 bits per heavy atom. The number of amides is 1. The number of aromatic nitrogens is 2. The molecule has 0 unspecified atom stereocenters. The summed E-state index contributed by atoms with van der Waals surface area (Å²) in [5, 5.41) is 9.88.